The molecule has 0 aromatic carbocycles. The zero-order valence-corrected chi connectivity index (χ0v) is 13.8. The maximum Gasteiger partial charge on any atom is 0.126 e. The second kappa shape index (κ2) is 4.55. The van der Waals surface area contributed by atoms with Gasteiger partial charge in [-0.25, -0.2) is 0 Å². The summed E-state index contributed by atoms with van der Waals surface area (Å²) < 4.78 is 0. The first kappa shape index (κ1) is 14.7. The van der Waals surface area contributed by atoms with Gasteiger partial charge in [0.05, 0.1) is 0 Å². The number of hydrogen-bond acceptors (Lipinski definition) is 2. The van der Waals surface area contributed by atoms with E-state index in [1.807, 2.05) is 0 Å². The lowest BCUT2D eigenvalue weighted by molar-refractivity contribution is -0.178. The summed E-state index contributed by atoms with van der Waals surface area (Å²) in [6.07, 6.45) is 12.6. The summed E-state index contributed by atoms with van der Waals surface area (Å²) in [4.78, 5) is 24.2. The molecule has 5 saturated carbocycles. The van der Waals surface area contributed by atoms with Gasteiger partial charge in [-0.3, -0.25) is 0 Å². The highest BCUT2D eigenvalue weighted by Gasteiger charge is 2.65. The number of hydrogen-bond donors (Lipinski definition) is 0. The minimum absolute atomic E-state index is 0.231. The molecule has 6 atom stereocenters. The van der Waals surface area contributed by atoms with E-state index in [4.69, 9.17) is 0 Å². The first-order valence-corrected chi connectivity index (χ1v) is 9.10. The van der Waals surface area contributed by atoms with Crippen LogP contribution in [-0.2, 0) is 9.59 Å². The Balaban J connectivity index is 1.80. The second-order valence-electron chi connectivity index (χ2n) is 9.02. The molecule has 2 bridgehead atoms. The number of aldehydes is 2. The van der Waals surface area contributed by atoms with Gasteiger partial charge in [0.1, 0.15) is 12.6 Å². The lowest BCUT2D eigenvalue weighted by atomic mass is 9.37. The summed E-state index contributed by atoms with van der Waals surface area (Å²) >= 11 is 0. The average molecular weight is 300 g/mol. The second-order valence-corrected chi connectivity index (χ2v) is 9.02. The number of rotatable bonds is 2. The zero-order chi connectivity index (χ0) is 15.6. The highest BCUT2D eigenvalue weighted by Crippen LogP contribution is 2.71. The van der Waals surface area contributed by atoms with Gasteiger partial charge >= 0.3 is 0 Å². The van der Waals surface area contributed by atoms with Crippen LogP contribution in [-0.4, -0.2) is 12.6 Å². The first-order valence-electron chi connectivity index (χ1n) is 9.10. The third-order valence-corrected chi connectivity index (χ3v) is 8.24. The molecule has 1 spiro atoms. The van der Waals surface area contributed by atoms with Crippen LogP contribution in [0.25, 0.3) is 0 Å². The van der Waals surface area contributed by atoms with Crippen molar-refractivity contribution in [2.45, 2.75) is 64.7 Å². The molecule has 0 aliphatic heterocycles. The Kier molecular flexibility index (Phi) is 3.03. The molecular weight excluding hydrogens is 272 g/mol. The Labute approximate surface area is 133 Å². The standard InChI is InChI=1S/C20H28O2/c1-14-11-19-8-4-15(14)10-17(19)20(13-22)7-3-6-18(2,12-21)16(20)5-9-19/h12-13,15-17H,1,3-11H2,2H3/t15-,16+,17+,18-,19+,20-/m1/s1. The predicted octanol–water partition coefficient (Wildman–Crippen LogP) is 4.33. The molecule has 0 amide bonds. The predicted molar refractivity (Wildman–Crippen MR) is 86.3 cm³/mol. The molecule has 0 unspecified atom stereocenters. The molecule has 5 fully saturated rings. The molecule has 0 aromatic rings. The van der Waals surface area contributed by atoms with Crippen molar-refractivity contribution in [3.05, 3.63) is 12.2 Å². The van der Waals surface area contributed by atoms with E-state index < -0.39 is 0 Å². The van der Waals surface area contributed by atoms with E-state index in [0.717, 1.165) is 38.5 Å². The van der Waals surface area contributed by atoms with Crippen molar-refractivity contribution < 1.29 is 9.59 Å². The fraction of sp³-hybridized carbons (Fsp3) is 0.800. The maximum absolute atomic E-state index is 12.4. The highest BCUT2D eigenvalue weighted by molar-refractivity contribution is 5.67. The van der Waals surface area contributed by atoms with Crippen LogP contribution in [0.15, 0.2) is 12.2 Å². The summed E-state index contributed by atoms with van der Waals surface area (Å²) in [5, 5.41) is 0. The molecule has 120 valence electrons. The van der Waals surface area contributed by atoms with E-state index in [2.05, 4.69) is 13.5 Å². The van der Waals surface area contributed by atoms with Gasteiger partial charge < -0.3 is 9.59 Å². The largest absolute Gasteiger partial charge is 0.303 e. The Morgan fingerprint density at radius 2 is 1.82 bits per heavy atom. The number of fused-ring (bicyclic) bond motifs is 3. The molecule has 0 radical (unpaired) electrons. The van der Waals surface area contributed by atoms with Crippen LogP contribution >= 0.6 is 0 Å². The summed E-state index contributed by atoms with van der Waals surface area (Å²) in [6.45, 7) is 6.45. The van der Waals surface area contributed by atoms with Gasteiger partial charge in [0.25, 0.3) is 0 Å². The quantitative estimate of drug-likeness (QED) is 0.562. The number of carbonyl (C=O) groups excluding carboxylic acids is 2. The van der Waals surface area contributed by atoms with Crippen LogP contribution in [0.2, 0.25) is 0 Å². The Morgan fingerprint density at radius 3 is 2.50 bits per heavy atom. The summed E-state index contributed by atoms with van der Waals surface area (Å²) in [6, 6.07) is 0. The monoisotopic (exact) mass is 300 g/mol. The van der Waals surface area contributed by atoms with Crippen LogP contribution in [0.3, 0.4) is 0 Å². The molecule has 2 heteroatoms. The van der Waals surface area contributed by atoms with Gasteiger partial charge in [-0.05, 0) is 74.5 Å². The van der Waals surface area contributed by atoms with Crippen molar-refractivity contribution in [2.24, 2.45) is 34.0 Å². The fourth-order valence-corrected chi connectivity index (χ4v) is 7.19. The van der Waals surface area contributed by atoms with Crippen LogP contribution in [0.1, 0.15) is 64.7 Å². The van der Waals surface area contributed by atoms with Gasteiger partial charge in [-0.1, -0.05) is 25.5 Å². The van der Waals surface area contributed by atoms with Crippen LogP contribution < -0.4 is 0 Å². The lowest BCUT2D eigenvalue weighted by Crippen LogP contribution is -2.61. The van der Waals surface area contributed by atoms with Crippen molar-refractivity contribution in [1.29, 1.82) is 0 Å². The number of allylic oxidation sites excluding steroid dienone is 1. The third-order valence-electron chi connectivity index (χ3n) is 8.24. The zero-order valence-electron chi connectivity index (χ0n) is 13.8. The fourth-order valence-electron chi connectivity index (χ4n) is 7.19. The van der Waals surface area contributed by atoms with Crippen molar-refractivity contribution >= 4 is 12.6 Å². The van der Waals surface area contributed by atoms with E-state index in [9.17, 15) is 9.59 Å². The van der Waals surface area contributed by atoms with Crippen LogP contribution in [0.4, 0.5) is 0 Å². The molecule has 0 N–H and O–H groups in total. The Bertz CT molecular complexity index is 538. The SMILES string of the molecule is C=C1C[C@@]23CC[C@@H]1C[C@@H]2[C@@]1(C=O)CCC[C@](C)(C=O)[C@@H]1CC3. The van der Waals surface area contributed by atoms with Crippen molar-refractivity contribution in [2.75, 3.05) is 0 Å². The average Bonchev–Trinajstić information content (AvgIpc) is 2.54. The van der Waals surface area contributed by atoms with Crippen molar-refractivity contribution in [3.8, 4) is 0 Å². The van der Waals surface area contributed by atoms with Crippen LogP contribution in [0.5, 0.6) is 0 Å². The summed E-state index contributed by atoms with van der Waals surface area (Å²) in [5.74, 6) is 1.40. The topological polar surface area (TPSA) is 34.1 Å². The molecular formula is C20H28O2. The normalized spacial score (nSPS) is 53.5. The maximum atomic E-state index is 12.4. The minimum Gasteiger partial charge on any atom is -0.303 e. The van der Waals surface area contributed by atoms with E-state index in [1.165, 1.54) is 37.4 Å². The minimum atomic E-state index is -0.283. The van der Waals surface area contributed by atoms with Gasteiger partial charge in [0, 0.05) is 10.8 Å². The highest BCUT2D eigenvalue weighted by atomic mass is 16.1. The molecule has 5 rings (SSSR count). The summed E-state index contributed by atoms with van der Waals surface area (Å²) in [7, 11) is 0. The lowest BCUT2D eigenvalue weighted by Gasteiger charge is -2.66. The van der Waals surface area contributed by atoms with Crippen LogP contribution in [0, 0.1) is 34.0 Å². The van der Waals surface area contributed by atoms with E-state index in [-0.39, 0.29) is 16.7 Å². The molecule has 22 heavy (non-hydrogen) atoms. The molecule has 5 aliphatic rings. The van der Waals surface area contributed by atoms with E-state index >= 15 is 0 Å². The molecule has 0 heterocycles. The molecule has 2 nitrogen and oxygen atoms in total. The van der Waals surface area contributed by atoms with E-state index in [1.54, 1.807) is 0 Å². The van der Waals surface area contributed by atoms with Crippen molar-refractivity contribution in [3.63, 3.8) is 0 Å². The van der Waals surface area contributed by atoms with E-state index in [0.29, 0.717) is 17.3 Å². The van der Waals surface area contributed by atoms with Gasteiger partial charge in [-0.2, -0.15) is 0 Å². The third kappa shape index (κ3) is 1.62. The van der Waals surface area contributed by atoms with Gasteiger partial charge in [-0.15, -0.1) is 0 Å². The Morgan fingerprint density at radius 1 is 1.05 bits per heavy atom. The van der Waals surface area contributed by atoms with Crippen molar-refractivity contribution in [1.82, 2.24) is 0 Å². The first-order chi connectivity index (χ1) is 10.5. The smallest absolute Gasteiger partial charge is 0.126 e. The Hall–Kier alpha value is -0.920. The molecule has 0 saturated heterocycles. The molecule has 5 aliphatic carbocycles. The number of carbonyl (C=O) groups is 2. The van der Waals surface area contributed by atoms with Gasteiger partial charge in [0.2, 0.25) is 0 Å². The van der Waals surface area contributed by atoms with Gasteiger partial charge in [0.15, 0.2) is 0 Å². The molecule has 0 aromatic heterocycles. The summed E-state index contributed by atoms with van der Waals surface area (Å²) in [5.41, 5.74) is 1.25.